The summed E-state index contributed by atoms with van der Waals surface area (Å²) in [6, 6.07) is 0. The molecule has 0 aromatic rings. The van der Waals surface area contributed by atoms with Gasteiger partial charge in [-0.25, -0.2) is 0 Å². The van der Waals surface area contributed by atoms with Crippen molar-refractivity contribution in [2.75, 3.05) is 13.2 Å². The molecule has 0 rings (SSSR count). The first-order valence-corrected chi connectivity index (χ1v) is 3.63. The molecule has 0 spiro atoms. The summed E-state index contributed by atoms with van der Waals surface area (Å²) in [5.74, 6) is 0. The minimum Gasteiger partial charge on any atom is -0.379 e. The molecule has 0 aliphatic heterocycles. The number of rotatable bonds is 5. The van der Waals surface area contributed by atoms with Crippen molar-refractivity contribution in [3.8, 4) is 0 Å². The van der Waals surface area contributed by atoms with E-state index >= 15 is 0 Å². The summed E-state index contributed by atoms with van der Waals surface area (Å²) in [4.78, 5) is 0. The van der Waals surface area contributed by atoms with Crippen molar-refractivity contribution < 1.29 is 4.74 Å². The Bertz CT molecular complexity index is 56.9. The summed E-state index contributed by atoms with van der Waals surface area (Å²) >= 11 is 0. The third-order valence-corrected chi connectivity index (χ3v) is 1.27. The molecule has 2 nitrogen and oxygen atoms in total. The van der Waals surface area contributed by atoms with Gasteiger partial charge in [-0.15, -0.1) is 0 Å². The maximum Gasteiger partial charge on any atom is 0.0547 e. The Hall–Kier alpha value is -0.0800. The molecule has 0 amide bonds. The molecule has 2 heteroatoms. The molecule has 0 aromatic carbocycles. The molecule has 0 aliphatic carbocycles. The minimum absolute atomic E-state index is 0.388. The van der Waals surface area contributed by atoms with Gasteiger partial charge in [0.2, 0.25) is 0 Å². The van der Waals surface area contributed by atoms with Crippen LogP contribution in [0.15, 0.2) is 0 Å². The zero-order valence-corrected chi connectivity index (χ0v) is 6.39. The maximum atomic E-state index is 5.32. The molecule has 0 radical (unpaired) electrons. The Kier molecular flexibility index (Phi) is 5.99. The molecular weight excluding hydrogens is 114 g/mol. The number of nitrogens with two attached hydrogens (primary N) is 1. The van der Waals surface area contributed by atoms with Crippen LogP contribution < -0.4 is 5.73 Å². The van der Waals surface area contributed by atoms with E-state index in [4.69, 9.17) is 10.5 Å². The topological polar surface area (TPSA) is 35.2 Å². The molecule has 0 fully saturated rings. The average Bonchev–Trinajstić information content (AvgIpc) is 1.85. The van der Waals surface area contributed by atoms with Crippen molar-refractivity contribution >= 4 is 0 Å². The van der Waals surface area contributed by atoms with E-state index in [2.05, 4.69) is 6.92 Å². The zero-order valence-electron chi connectivity index (χ0n) is 6.39. The summed E-state index contributed by atoms with van der Waals surface area (Å²) < 4.78 is 5.29. The molecule has 0 heterocycles. The second-order valence-corrected chi connectivity index (χ2v) is 2.20. The number of hydrogen-bond acceptors (Lipinski definition) is 2. The normalized spacial score (nSPS) is 13.7. The third-order valence-electron chi connectivity index (χ3n) is 1.27. The molecule has 0 aliphatic rings. The van der Waals surface area contributed by atoms with Crippen LogP contribution in [0.2, 0.25) is 0 Å². The fourth-order valence-electron chi connectivity index (χ4n) is 0.773. The largest absolute Gasteiger partial charge is 0.379 e. The Labute approximate surface area is 57.4 Å². The van der Waals surface area contributed by atoms with Gasteiger partial charge in [0.05, 0.1) is 6.10 Å². The lowest BCUT2D eigenvalue weighted by Gasteiger charge is -2.09. The van der Waals surface area contributed by atoms with Crippen molar-refractivity contribution in [1.29, 1.82) is 0 Å². The lowest BCUT2D eigenvalue weighted by Crippen LogP contribution is -2.10. The fraction of sp³-hybridized carbons (Fsp3) is 1.00. The van der Waals surface area contributed by atoms with Crippen LogP contribution >= 0.6 is 0 Å². The highest BCUT2D eigenvalue weighted by molar-refractivity contribution is 4.49. The number of ether oxygens (including phenoxy) is 1. The van der Waals surface area contributed by atoms with E-state index in [1.54, 1.807) is 0 Å². The van der Waals surface area contributed by atoms with Gasteiger partial charge >= 0.3 is 0 Å². The van der Waals surface area contributed by atoms with Gasteiger partial charge in [0.1, 0.15) is 0 Å². The third kappa shape index (κ3) is 5.80. The van der Waals surface area contributed by atoms with Crippen molar-refractivity contribution in [2.24, 2.45) is 5.73 Å². The zero-order chi connectivity index (χ0) is 7.11. The van der Waals surface area contributed by atoms with Crippen molar-refractivity contribution in [3.63, 3.8) is 0 Å². The monoisotopic (exact) mass is 131 g/mol. The highest BCUT2D eigenvalue weighted by Crippen LogP contribution is 1.98. The van der Waals surface area contributed by atoms with Gasteiger partial charge in [-0.2, -0.15) is 0 Å². The first-order chi connectivity index (χ1) is 4.31. The fourth-order valence-corrected chi connectivity index (χ4v) is 0.773. The van der Waals surface area contributed by atoms with Crippen molar-refractivity contribution in [1.82, 2.24) is 0 Å². The van der Waals surface area contributed by atoms with Crippen molar-refractivity contribution in [2.45, 2.75) is 32.8 Å². The highest BCUT2D eigenvalue weighted by Gasteiger charge is 1.97. The lowest BCUT2D eigenvalue weighted by molar-refractivity contribution is 0.0694. The van der Waals surface area contributed by atoms with E-state index < -0.39 is 0 Å². The lowest BCUT2D eigenvalue weighted by atomic mass is 10.2. The summed E-state index contributed by atoms with van der Waals surface area (Å²) in [6.45, 7) is 5.68. The summed E-state index contributed by atoms with van der Waals surface area (Å²) in [5, 5.41) is 0. The first kappa shape index (κ1) is 8.92. The van der Waals surface area contributed by atoms with Crippen LogP contribution in [0.3, 0.4) is 0 Å². The minimum atomic E-state index is 0.388. The molecular formula is C7H17NO. The first-order valence-electron chi connectivity index (χ1n) is 3.63. The van der Waals surface area contributed by atoms with Gasteiger partial charge in [0, 0.05) is 6.61 Å². The van der Waals surface area contributed by atoms with E-state index in [-0.39, 0.29) is 0 Å². The molecule has 0 bridgehead atoms. The molecule has 2 N–H and O–H groups in total. The van der Waals surface area contributed by atoms with Crippen molar-refractivity contribution in [3.05, 3.63) is 0 Å². The summed E-state index contributed by atoms with van der Waals surface area (Å²) in [5.41, 5.74) is 5.32. The Morgan fingerprint density at radius 2 is 2.22 bits per heavy atom. The molecule has 0 saturated heterocycles. The predicted octanol–water partition coefficient (Wildman–Crippen LogP) is 1.15. The standard InChI is InChI=1S/C7H17NO/c1-3-9-7(2)5-4-6-8/h7H,3-6,8H2,1-2H3. The molecule has 0 aromatic heterocycles. The number of hydrogen-bond donors (Lipinski definition) is 1. The maximum absolute atomic E-state index is 5.32. The van der Waals surface area contributed by atoms with Crippen LogP contribution in [0.4, 0.5) is 0 Å². The van der Waals surface area contributed by atoms with E-state index in [0.717, 1.165) is 26.0 Å². The summed E-state index contributed by atoms with van der Waals surface area (Å²) in [6.07, 6.45) is 2.55. The van der Waals surface area contributed by atoms with Gasteiger partial charge in [0.25, 0.3) is 0 Å². The molecule has 1 unspecified atom stereocenters. The molecule has 9 heavy (non-hydrogen) atoms. The Balaban J connectivity index is 2.95. The van der Waals surface area contributed by atoms with E-state index in [0.29, 0.717) is 6.10 Å². The smallest absolute Gasteiger partial charge is 0.0547 e. The average molecular weight is 131 g/mol. The Morgan fingerprint density at radius 1 is 1.56 bits per heavy atom. The van der Waals surface area contributed by atoms with Crippen LogP contribution in [0.5, 0.6) is 0 Å². The van der Waals surface area contributed by atoms with Crippen LogP contribution in [-0.2, 0) is 4.74 Å². The van der Waals surface area contributed by atoms with Gasteiger partial charge in [-0.1, -0.05) is 0 Å². The van der Waals surface area contributed by atoms with Crippen LogP contribution in [0, 0.1) is 0 Å². The predicted molar refractivity (Wildman–Crippen MR) is 39.4 cm³/mol. The second kappa shape index (κ2) is 6.05. The second-order valence-electron chi connectivity index (χ2n) is 2.20. The van der Waals surface area contributed by atoms with Gasteiger partial charge in [-0.3, -0.25) is 0 Å². The SMILES string of the molecule is CCOC(C)CCCN. The van der Waals surface area contributed by atoms with Gasteiger partial charge < -0.3 is 10.5 Å². The summed E-state index contributed by atoms with van der Waals surface area (Å²) in [7, 11) is 0. The molecule has 56 valence electrons. The van der Waals surface area contributed by atoms with Crippen LogP contribution in [-0.4, -0.2) is 19.3 Å². The van der Waals surface area contributed by atoms with E-state index in [9.17, 15) is 0 Å². The van der Waals surface area contributed by atoms with Gasteiger partial charge in [0.15, 0.2) is 0 Å². The Morgan fingerprint density at radius 3 is 2.67 bits per heavy atom. The van der Waals surface area contributed by atoms with Gasteiger partial charge in [-0.05, 0) is 33.2 Å². The quantitative estimate of drug-likeness (QED) is 0.607. The molecule has 0 saturated carbocycles. The van der Waals surface area contributed by atoms with Crippen LogP contribution in [0.25, 0.3) is 0 Å². The van der Waals surface area contributed by atoms with E-state index in [1.165, 1.54) is 0 Å². The van der Waals surface area contributed by atoms with Crippen LogP contribution in [0.1, 0.15) is 26.7 Å². The van der Waals surface area contributed by atoms with E-state index in [1.807, 2.05) is 6.92 Å². The highest BCUT2D eigenvalue weighted by atomic mass is 16.5. The molecule has 1 atom stereocenters.